The summed E-state index contributed by atoms with van der Waals surface area (Å²) >= 11 is 0. The van der Waals surface area contributed by atoms with Gasteiger partial charge in [0.25, 0.3) is 0 Å². The summed E-state index contributed by atoms with van der Waals surface area (Å²) in [6.07, 6.45) is 0. The van der Waals surface area contributed by atoms with Crippen LogP contribution in [0.25, 0.3) is 11.3 Å². The molecular weight excluding hydrogens is 226 g/mol. The molecule has 0 bridgehead atoms. The van der Waals surface area contributed by atoms with E-state index < -0.39 is 0 Å². The summed E-state index contributed by atoms with van der Waals surface area (Å²) in [6, 6.07) is 10.1. The molecule has 0 aliphatic heterocycles. The summed E-state index contributed by atoms with van der Waals surface area (Å²) in [7, 11) is 4.13. The number of nitrogens with one attached hydrogen (secondary N) is 2. The van der Waals surface area contributed by atoms with Crippen molar-refractivity contribution in [3.05, 3.63) is 36.0 Å². The Morgan fingerprint density at radius 2 is 1.94 bits per heavy atom. The van der Waals surface area contributed by atoms with Crippen molar-refractivity contribution in [2.75, 3.05) is 27.2 Å². The second-order valence-corrected chi connectivity index (χ2v) is 4.46. The van der Waals surface area contributed by atoms with Gasteiger partial charge < -0.3 is 10.2 Å². The standard InChI is InChI=1S/C13H19N5/c1-18(2)9-8-14-10-12-13(16-17-15-12)11-6-4-3-5-7-11/h3-7,14H,8-10H2,1-2H3,(H,15,16,17). The van der Waals surface area contributed by atoms with Crippen LogP contribution in [0.1, 0.15) is 5.69 Å². The van der Waals surface area contributed by atoms with Crippen LogP contribution < -0.4 is 5.32 Å². The fraction of sp³-hybridized carbons (Fsp3) is 0.385. The van der Waals surface area contributed by atoms with Crippen LogP contribution in [-0.2, 0) is 6.54 Å². The van der Waals surface area contributed by atoms with Crippen molar-refractivity contribution >= 4 is 0 Å². The molecule has 18 heavy (non-hydrogen) atoms. The Labute approximate surface area is 107 Å². The average Bonchev–Trinajstić information content (AvgIpc) is 2.84. The third-order valence-corrected chi connectivity index (χ3v) is 2.70. The maximum absolute atomic E-state index is 4.21. The maximum atomic E-state index is 4.21. The van der Waals surface area contributed by atoms with Gasteiger partial charge in [0.15, 0.2) is 0 Å². The number of rotatable bonds is 6. The third kappa shape index (κ3) is 3.38. The molecule has 2 N–H and O–H groups in total. The molecule has 2 aromatic rings. The number of benzene rings is 1. The second-order valence-electron chi connectivity index (χ2n) is 4.46. The minimum Gasteiger partial charge on any atom is -0.310 e. The Balaban J connectivity index is 1.96. The summed E-state index contributed by atoms with van der Waals surface area (Å²) in [6.45, 7) is 2.68. The van der Waals surface area contributed by atoms with Crippen molar-refractivity contribution in [3.8, 4) is 11.3 Å². The van der Waals surface area contributed by atoms with Gasteiger partial charge in [-0.15, -0.1) is 0 Å². The van der Waals surface area contributed by atoms with Gasteiger partial charge in [-0.2, -0.15) is 15.4 Å². The Kier molecular flexibility index (Phi) is 4.44. The maximum Gasteiger partial charge on any atom is 0.117 e. The number of nitrogens with zero attached hydrogens (tertiary/aromatic N) is 3. The van der Waals surface area contributed by atoms with Crippen LogP contribution in [0.2, 0.25) is 0 Å². The van der Waals surface area contributed by atoms with Gasteiger partial charge in [0.2, 0.25) is 0 Å². The van der Waals surface area contributed by atoms with Crippen LogP contribution in [0.3, 0.4) is 0 Å². The van der Waals surface area contributed by atoms with Gasteiger partial charge in [0, 0.05) is 25.2 Å². The molecule has 0 saturated carbocycles. The van der Waals surface area contributed by atoms with Gasteiger partial charge >= 0.3 is 0 Å². The van der Waals surface area contributed by atoms with E-state index in [1.807, 2.05) is 30.3 Å². The molecule has 96 valence electrons. The smallest absolute Gasteiger partial charge is 0.117 e. The first-order valence-electron chi connectivity index (χ1n) is 6.08. The van der Waals surface area contributed by atoms with E-state index in [-0.39, 0.29) is 0 Å². The molecule has 0 spiro atoms. The number of aromatic nitrogens is 3. The first-order valence-corrected chi connectivity index (χ1v) is 6.08. The Hall–Kier alpha value is -1.72. The van der Waals surface area contributed by atoms with Crippen LogP contribution in [0.5, 0.6) is 0 Å². The molecule has 0 saturated heterocycles. The lowest BCUT2D eigenvalue weighted by molar-refractivity contribution is 0.399. The fourth-order valence-corrected chi connectivity index (χ4v) is 1.71. The van der Waals surface area contributed by atoms with Crippen molar-refractivity contribution in [1.82, 2.24) is 25.6 Å². The van der Waals surface area contributed by atoms with Crippen molar-refractivity contribution < 1.29 is 0 Å². The Morgan fingerprint density at radius 3 is 2.67 bits per heavy atom. The van der Waals surface area contributed by atoms with E-state index >= 15 is 0 Å². The minimum atomic E-state index is 0.731. The molecule has 5 heteroatoms. The van der Waals surface area contributed by atoms with Gasteiger partial charge in [-0.3, -0.25) is 0 Å². The number of hydrogen-bond donors (Lipinski definition) is 2. The topological polar surface area (TPSA) is 56.8 Å². The molecule has 0 aliphatic carbocycles. The van der Waals surface area contributed by atoms with Gasteiger partial charge in [0.05, 0.1) is 0 Å². The van der Waals surface area contributed by atoms with Crippen LogP contribution in [-0.4, -0.2) is 47.5 Å². The first kappa shape index (κ1) is 12.7. The zero-order chi connectivity index (χ0) is 12.8. The van der Waals surface area contributed by atoms with E-state index in [1.54, 1.807) is 0 Å². The Morgan fingerprint density at radius 1 is 1.17 bits per heavy atom. The monoisotopic (exact) mass is 245 g/mol. The largest absolute Gasteiger partial charge is 0.310 e. The summed E-state index contributed by atoms with van der Waals surface area (Å²) < 4.78 is 0. The first-order chi connectivity index (χ1) is 8.77. The number of hydrogen-bond acceptors (Lipinski definition) is 4. The Bertz CT molecular complexity index is 463. The molecule has 1 aromatic carbocycles. The van der Waals surface area contributed by atoms with Gasteiger partial charge in [-0.25, -0.2) is 0 Å². The zero-order valence-corrected chi connectivity index (χ0v) is 10.8. The molecule has 0 amide bonds. The van der Waals surface area contributed by atoms with E-state index in [4.69, 9.17) is 0 Å². The van der Waals surface area contributed by atoms with Crippen LogP contribution in [0.4, 0.5) is 0 Å². The summed E-state index contributed by atoms with van der Waals surface area (Å²) in [5, 5.41) is 14.5. The summed E-state index contributed by atoms with van der Waals surface area (Å²) in [5.74, 6) is 0. The zero-order valence-electron chi connectivity index (χ0n) is 10.8. The number of H-pyrrole nitrogens is 1. The third-order valence-electron chi connectivity index (χ3n) is 2.70. The average molecular weight is 245 g/mol. The molecule has 0 radical (unpaired) electrons. The highest BCUT2D eigenvalue weighted by Crippen LogP contribution is 2.18. The van der Waals surface area contributed by atoms with Crippen molar-refractivity contribution in [2.45, 2.75) is 6.54 Å². The van der Waals surface area contributed by atoms with Crippen LogP contribution in [0, 0.1) is 0 Å². The van der Waals surface area contributed by atoms with Gasteiger partial charge in [0.1, 0.15) is 11.4 Å². The molecule has 5 nitrogen and oxygen atoms in total. The quantitative estimate of drug-likeness (QED) is 0.749. The lowest BCUT2D eigenvalue weighted by atomic mass is 10.1. The highest BCUT2D eigenvalue weighted by Gasteiger charge is 2.08. The molecule has 0 fully saturated rings. The second kappa shape index (κ2) is 6.28. The minimum absolute atomic E-state index is 0.731. The number of aromatic amines is 1. The van der Waals surface area contributed by atoms with Crippen LogP contribution in [0.15, 0.2) is 30.3 Å². The summed E-state index contributed by atoms with van der Waals surface area (Å²) in [4.78, 5) is 2.15. The van der Waals surface area contributed by atoms with Gasteiger partial charge in [-0.1, -0.05) is 30.3 Å². The fourth-order valence-electron chi connectivity index (χ4n) is 1.71. The highest BCUT2D eigenvalue weighted by atomic mass is 15.3. The van der Waals surface area contributed by atoms with E-state index in [1.165, 1.54) is 0 Å². The molecule has 0 unspecified atom stereocenters. The van der Waals surface area contributed by atoms with Crippen molar-refractivity contribution in [3.63, 3.8) is 0 Å². The molecule has 2 rings (SSSR count). The normalized spacial score (nSPS) is 11.1. The number of likely N-dealkylation sites (N-methyl/N-ethyl adjacent to an activating group) is 1. The predicted molar refractivity (Wildman–Crippen MR) is 72.1 cm³/mol. The van der Waals surface area contributed by atoms with E-state index in [2.05, 4.69) is 39.7 Å². The lowest BCUT2D eigenvalue weighted by Gasteiger charge is -2.09. The highest BCUT2D eigenvalue weighted by molar-refractivity contribution is 5.60. The van der Waals surface area contributed by atoms with Gasteiger partial charge in [-0.05, 0) is 14.1 Å². The molecule has 1 aromatic heterocycles. The van der Waals surface area contributed by atoms with Crippen LogP contribution >= 0.6 is 0 Å². The molecule has 0 aliphatic rings. The summed E-state index contributed by atoms with van der Waals surface area (Å²) in [5.41, 5.74) is 2.98. The predicted octanol–water partition coefficient (Wildman–Crippen LogP) is 1.12. The lowest BCUT2D eigenvalue weighted by Crippen LogP contribution is -2.26. The molecule has 0 atom stereocenters. The van der Waals surface area contributed by atoms with Crippen molar-refractivity contribution in [1.29, 1.82) is 0 Å². The van der Waals surface area contributed by atoms with E-state index in [0.717, 1.165) is 36.6 Å². The molecule has 1 heterocycles. The van der Waals surface area contributed by atoms with E-state index in [9.17, 15) is 0 Å². The van der Waals surface area contributed by atoms with E-state index in [0.29, 0.717) is 0 Å². The SMILES string of the molecule is CN(C)CCNCc1n[nH]nc1-c1ccccc1. The van der Waals surface area contributed by atoms with Crippen molar-refractivity contribution in [2.24, 2.45) is 0 Å². The molecular formula is C13H19N5.